The van der Waals surface area contributed by atoms with E-state index in [9.17, 15) is 5.11 Å². The van der Waals surface area contributed by atoms with Crippen LogP contribution < -0.4 is 4.90 Å². The third-order valence-corrected chi connectivity index (χ3v) is 2.66. The summed E-state index contributed by atoms with van der Waals surface area (Å²) >= 11 is 0. The smallest absolute Gasteiger partial charge is 0.127 e. The molecule has 0 amide bonds. The third-order valence-electron chi connectivity index (χ3n) is 2.66. The van der Waals surface area contributed by atoms with Gasteiger partial charge in [-0.05, 0) is 24.5 Å². The van der Waals surface area contributed by atoms with Crippen LogP contribution in [0.25, 0.3) is 0 Å². The predicted molar refractivity (Wildman–Crippen MR) is 58.3 cm³/mol. The van der Waals surface area contributed by atoms with Gasteiger partial charge in [-0.2, -0.15) is 0 Å². The van der Waals surface area contributed by atoms with Crippen LogP contribution >= 0.6 is 0 Å². The molecule has 1 atom stereocenters. The lowest BCUT2D eigenvalue weighted by molar-refractivity contribution is 0.156. The molecule has 2 nitrogen and oxygen atoms in total. The molecule has 1 unspecified atom stereocenters. The Labute approximate surface area is 84.5 Å². The SMILES string of the molecule is C=CCN1c2ccccc2CCC1O. The average Bonchev–Trinajstić information content (AvgIpc) is 2.23. The van der Waals surface area contributed by atoms with Gasteiger partial charge in [0, 0.05) is 12.2 Å². The van der Waals surface area contributed by atoms with Gasteiger partial charge < -0.3 is 10.0 Å². The summed E-state index contributed by atoms with van der Waals surface area (Å²) in [6.07, 6.45) is 3.24. The van der Waals surface area contributed by atoms with E-state index in [1.54, 1.807) is 0 Å². The molecule has 1 aromatic carbocycles. The highest BCUT2D eigenvalue weighted by Crippen LogP contribution is 2.29. The van der Waals surface area contributed by atoms with Crippen LogP contribution in [0.2, 0.25) is 0 Å². The molecule has 74 valence electrons. The highest BCUT2D eigenvalue weighted by molar-refractivity contribution is 5.56. The van der Waals surface area contributed by atoms with E-state index in [0.29, 0.717) is 6.54 Å². The topological polar surface area (TPSA) is 23.5 Å². The van der Waals surface area contributed by atoms with Gasteiger partial charge in [-0.15, -0.1) is 6.58 Å². The van der Waals surface area contributed by atoms with Gasteiger partial charge in [-0.1, -0.05) is 24.3 Å². The summed E-state index contributed by atoms with van der Waals surface area (Å²) in [5.74, 6) is 0. The largest absolute Gasteiger partial charge is 0.374 e. The van der Waals surface area contributed by atoms with Crippen LogP contribution in [0.4, 0.5) is 5.69 Å². The highest BCUT2D eigenvalue weighted by Gasteiger charge is 2.22. The third kappa shape index (κ3) is 1.53. The summed E-state index contributed by atoms with van der Waals surface area (Å²) in [7, 11) is 0. The number of benzene rings is 1. The number of para-hydroxylation sites is 1. The van der Waals surface area contributed by atoms with Crippen LogP contribution in [0.1, 0.15) is 12.0 Å². The van der Waals surface area contributed by atoms with Crippen molar-refractivity contribution in [2.45, 2.75) is 19.1 Å². The second-order valence-electron chi connectivity index (χ2n) is 3.59. The first kappa shape index (κ1) is 9.28. The van der Waals surface area contributed by atoms with E-state index in [-0.39, 0.29) is 6.23 Å². The second-order valence-corrected chi connectivity index (χ2v) is 3.59. The lowest BCUT2D eigenvalue weighted by Crippen LogP contribution is -2.39. The number of rotatable bonds is 2. The van der Waals surface area contributed by atoms with Crippen molar-refractivity contribution in [1.29, 1.82) is 0 Å². The molecule has 0 bridgehead atoms. The van der Waals surface area contributed by atoms with Crippen molar-refractivity contribution in [3.8, 4) is 0 Å². The molecule has 0 spiro atoms. The van der Waals surface area contributed by atoms with E-state index < -0.39 is 0 Å². The summed E-state index contributed by atoms with van der Waals surface area (Å²) in [6, 6.07) is 8.23. The van der Waals surface area contributed by atoms with E-state index >= 15 is 0 Å². The molecule has 14 heavy (non-hydrogen) atoms. The monoisotopic (exact) mass is 189 g/mol. The van der Waals surface area contributed by atoms with Gasteiger partial charge in [-0.25, -0.2) is 0 Å². The fraction of sp³-hybridized carbons (Fsp3) is 0.333. The molecular formula is C12H15NO. The first-order chi connectivity index (χ1) is 6.83. The minimum atomic E-state index is -0.358. The molecule has 0 saturated carbocycles. The maximum absolute atomic E-state index is 9.82. The van der Waals surface area contributed by atoms with E-state index in [0.717, 1.165) is 18.5 Å². The van der Waals surface area contributed by atoms with E-state index in [4.69, 9.17) is 0 Å². The number of aliphatic hydroxyl groups is 1. The molecule has 0 saturated heterocycles. The Kier molecular flexibility index (Phi) is 2.55. The zero-order chi connectivity index (χ0) is 9.97. The number of hydrogen-bond acceptors (Lipinski definition) is 2. The Morgan fingerprint density at radius 1 is 1.50 bits per heavy atom. The zero-order valence-corrected chi connectivity index (χ0v) is 8.19. The minimum absolute atomic E-state index is 0.358. The average molecular weight is 189 g/mol. The van der Waals surface area contributed by atoms with Crippen molar-refractivity contribution in [3.63, 3.8) is 0 Å². The van der Waals surface area contributed by atoms with Gasteiger partial charge in [-0.3, -0.25) is 0 Å². The van der Waals surface area contributed by atoms with Crippen molar-refractivity contribution < 1.29 is 5.11 Å². The number of anilines is 1. The zero-order valence-electron chi connectivity index (χ0n) is 8.19. The van der Waals surface area contributed by atoms with Crippen LogP contribution in [0, 0.1) is 0 Å². The first-order valence-electron chi connectivity index (χ1n) is 4.96. The molecule has 1 heterocycles. The molecule has 0 fully saturated rings. The maximum atomic E-state index is 9.82. The summed E-state index contributed by atoms with van der Waals surface area (Å²) < 4.78 is 0. The molecule has 2 heteroatoms. The van der Waals surface area contributed by atoms with Crippen molar-refractivity contribution >= 4 is 5.69 Å². The Morgan fingerprint density at radius 2 is 2.29 bits per heavy atom. The van der Waals surface area contributed by atoms with Gasteiger partial charge in [0.25, 0.3) is 0 Å². The fourth-order valence-electron chi connectivity index (χ4n) is 1.96. The number of fused-ring (bicyclic) bond motifs is 1. The summed E-state index contributed by atoms with van der Waals surface area (Å²) in [5, 5.41) is 9.82. The maximum Gasteiger partial charge on any atom is 0.127 e. The number of nitrogens with zero attached hydrogens (tertiary/aromatic N) is 1. The van der Waals surface area contributed by atoms with E-state index in [2.05, 4.69) is 18.7 Å². The molecule has 1 aliphatic rings. The lowest BCUT2D eigenvalue weighted by atomic mass is 10.0. The molecule has 0 aromatic heterocycles. The summed E-state index contributed by atoms with van der Waals surface area (Å²) in [4.78, 5) is 1.99. The normalized spacial score (nSPS) is 20.4. The molecule has 0 radical (unpaired) electrons. The van der Waals surface area contributed by atoms with Crippen molar-refractivity contribution in [2.24, 2.45) is 0 Å². The minimum Gasteiger partial charge on any atom is -0.374 e. The Balaban J connectivity index is 2.35. The van der Waals surface area contributed by atoms with Crippen LogP contribution in [0.5, 0.6) is 0 Å². The van der Waals surface area contributed by atoms with Gasteiger partial charge in [0.1, 0.15) is 6.23 Å². The molecule has 2 rings (SSSR count). The molecule has 1 aromatic rings. The predicted octanol–water partition coefficient (Wildman–Crippen LogP) is 1.94. The van der Waals surface area contributed by atoms with Crippen LogP contribution in [-0.4, -0.2) is 17.9 Å². The fourth-order valence-corrected chi connectivity index (χ4v) is 1.96. The van der Waals surface area contributed by atoms with E-state index in [1.165, 1.54) is 5.56 Å². The molecular weight excluding hydrogens is 174 g/mol. The van der Waals surface area contributed by atoms with Crippen molar-refractivity contribution in [2.75, 3.05) is 11.4 Å². The summed E-state index contributed by atoms with van der Waals surface area (Å²) in [6.45, 7) is 4.42. The number of aryl methyl sites for hydroxylation is 1. The molecule has 0 aliphatic carbocycles. The number of hydrogen-bond donors (Lipinski definition) is 1. The Morgan fingerprint density at radius 3 is 3.07 bits per heavy atom. The second kappa shape index (κ2) is 3.84. The van der Waals surface area contributed by atoms with Gasteiger partial charge in [0.05, 0.1) is 0 Å². The van der Waals surface area contributed by atoms with Crippen LogP contribution in [-0.2, 0) is 6.42 Å². The van der Waals surface area contributed by atoms with Crippen LogP contribution in [0.3, 0.4) is 0 Å². The van der Waals surface area contributed by atoms with E-state index in [1.807, 2.05) is 23.1 Å². The summed E-state index contributed by atoms with van der Waals surface area (Å²) in [5.41, 5.74) is 2.46. The van der Waals surface area contributed by atoms with Crippen LogP contribution in [0.15, 0.2) is 36.9 Å². The Bertz CT molecular complexity index is 335. The van der Waals surface area contributed by atoms with Gasteiger partial charge in [0.15, 0.2) is 0 Å². The molecule has 1 N–H and O–H groups in total. The first-order valence-corrected chi connectivity index (χ1v) is 4.96. The quantitative estimate of drug-likeness (QED) is 0.719. The van der Waals surface area contributed by atoms with Gasteiger partial charge in [0.2, 0.25) is 0 Å². The standard InChI is InChI=1S/C12H15NO/c1-2-9-13-11-6-4-3-5-10(11)7-8-12(13)14/h2-6,12,14H,1,7-9H2. The number of aliphatic hydroxyl groups excluding tert-OH is 1. The van der Waals surface area contributed by atoms with Crippen molar-refractivity contribution in [3.05, 3.63) is 42.5 Å². The van der Waals surface area contributed by atoms with Gasteiger partial charge >= 0.3 is 0 Å². The van der Waals surface area contributed by atoms with Crippen molar-refractivity contribution in [1.82, 2.24) is 0 Å². The molecule has 1 aliphatic heterocycles. The Hall–Kier alpha value is -1.28. The lowest BCUT2D eigenvalue weighted by Gasteiger charge is -2.34. The highest BCUT2D eigenvalue weighted by atomic mass is 16.3.